The van der Waals surface area contributed by atoms with Gasteiger partial charge in [-0.3, -0.25) is 0 Å². The topological polar surface area (TPSA) is 0 Å². The van der Waals surface area contributed by atoms with Gasteiger partial charge in [-0.25, -0.2) is 0 Å². The predicted molar refractivity (Wildman–Crippen MR) is 64.7 cm³/mol. The third-order valence-electron chi connectivity index (χ3n) is 1.36. The summed E-state index contributed by atoms with van der Waals surface area (Å²) in [5, 5.41) is 1.75. The van der Waals surface area contributed by atoms with Crippen LogP contribution in [-0.2, 0) is 0 Å². The molecule has 0 N–H and O–H groups in total. The van der Waals surface area contributed by atoms with Crippen LogP contribution in [-0.4, -0.2) is 5.25 Å². The second kappa shape index (κ2) is 4.83. The largest absolute Gasteiger partial charge is 0.140 e. The minimum absolute atomic E-state index is 0.526. The van der Waals surface area contributed by atoms with Crippen molar-refractivity contribution in [1.82, 2.24) is 0 Å². The van der Waals surface area contributed by atoms with E-state index in [1.54, 1.807) is 11.8 Å². The third-order valence-corrected chi connectivity index (χ3v) is 3.68. The molecule has 1 rings (SSSR count). The fraction of sp³-hybridized carbons (Fsp3) is 0.333. The molecule has 0 aromatic heterocycles. The maximum atomic E-state index is 5.93. The lowest BCUT2D eigenvalue weighted by atomic mass is 10.3. The van der Waals surface area contributed by atoms with Crippen LogP contribution in [0.4, 0.5) is 0 Å². The maximum Gasteiger partial charge on any atom is 0.0565 e. The minimum atomic E-state index is 0.526. The zero-order valence-electron chi connectivity index (χ0n) is 7.34. The molecule has 0 saturated carbocycles. The molecule has 0 fully saturated rings. The summed E-state index contributed by atoms with van der Waals surface area (Å²) >= 11 is 17.8. The molecule has 1 aromatic rings. The van der Waals surface area contributed by atoms with Gasteiger partial charge < -0.3 is 0 Å². The molecule has 0 nitrogen and oxygen atoms in total. The van der Waals surface area contributed by atoms with E-state index in [0.29, 0.717) is 20.2 Å². The molecule has 0 aliphatic rings. The molecule has 0 amide bonds. The quantitative estimate of drug-likeness (QED) is 0.584. The lowest BCUT2D eigenvalue weighted by molar-refractivity contribution is 1.11. The van der Waals surface area contributed by atoms with Gasteiger partial charge in [0, 0.05) is 15.0 Å². The smallest absolute Gasteiger partial charge is 0.0565 e. The van der Waals surface area contributed by atoms with Crippen LogP contribution in [0.3, 0.4) is 0 Å². The molecule has 0 bridgehead atoms. The van der Waals surface area contributed by atoms with E-state index in [0.717, 1.165) is 4.90 Å². The Bertz CT molecular complexity index is 287. The highest BCUT2D eigenvalue weighted by molar-refractivity contribution is 7.99. The van der Waals surface area contributed by atoms with Gasteiger partial charge >= 0.3 is 0 Å². The van der Waals surface area contributed by atoms with E-state index in [1.165, 1.54) is 0 Å². The second-order valence-corrected chi connectivity index (χ2v) is 5.81. The Morgan fingerprint density at radius 3 is 2.08 bits per heavy atom. The highest BCUT2D eigenvalue weighted by atomic mass is 35.5. The zero-order valence-corrected chi connectivity index (χ0v) is 10.6. The number of halogens is 2. The van der Waals surface area contributed by atoms with Crippen molar-refractivity contribution in [2.45, 2.75) is 28.9 Å². The summed E-state index contributed by atoms with van der Waals surface area (Å²) < 4.78 is 0. The first-order chi connectivity index (χ1) is 6.00. The fourth-order valence-corrected chi connectivity index (χ4v) is 2.54. The Morgan fingerprint density at radius 2 is 1.69 bits per heavy atom. The second-order valence-electron chi connectivity index (χ2n) is 2.90. The molecule has 4 heteroatoms. The van der Waals surface area contributed by atoms with Crippen molar-refractivity contribution in [3.8, 4) is 0 Å². The first-order valence-electron chi connectivity index (χ1n) is 3.85. The van der Waals surface area contributed by atoms with Crippen LogP contribution in [0, 0.1) is 0 Å². The van der Waals surface area contributed by atoms with Crippen molar-refractivity contribution < 1.29 is 0 Å². The van der Waals surface area contributed by atoms with Gasteiger partial charge in [-0.1, -0.05) is 37.0 Å². The molecule has 72 valence electrons. The lowest BCUT2D eigenvalue weighted by Crippen LogP contribution is -1.86. The van der Waals surface area contributed by atoms with Crippen molar-refractivity contribution in [3.63, 3.8) is 0 Å². The molecule has 0 spiro atoms. The Labute approximate surface area is 98.4 Å². The molecule has 0 heterocycles. The third kappa shape index (κ3) is 3.28. The lowest BCUT2D eigenvalue weighted by Gasteiger charge is -2.07. The Balaban J connectivity index is 2.99. The van der Waals surface area contributed by atoms with Gasteiger partial charge in [0.05, 0.1) is 10.0 Å². The van der Waals surface area contributed by atoms with Crippen LogP contribution in [0.15, 0.2) is 21.9 Å². The Kier molecular flexibility index (Phi) is 4.30. The van der Waals surface area contributed by atoms with Gasteiger partial charge in [0.15, 0.2) is 0 Å². The molecule has 0 atom stereocenters. The van der Waals surface area contributed by atoms with Gasteiger partial charge in [0.2, 0.25) is 0 Å². The summed E-state index contributed by atoms with van der Waals surface area (Å²) in [4.78, 5) is 1.74. The van der Waals surface area contributed by atoms with Crippen LogP contribution in [0.1, 0.15) is 13.8 Å². The molecule has 13 heavy (non-hydrogen) atoms. The van der Waals surface area contributed by atoms with E-state index in [2.05, 4.69) is 26.5 Å². The Hall–Kier alpha value is 0.500. The van der Waals surface area contributed by atoms with E-state index in [1.807, 2.05) is 12.1 Å². The van der Waals surface area contributed by atoms with Crippen LogP contribution in [0.25, 0.3) is 0 Å². The molecule has 1 aromatic carbocycles. The van der Waals surface area contributed by atoms with Crippen molar-refractivity contribution >= 4 is 47.6 Å². The van der Waals surface area contributed by atoms with Gasteiger partial charge in [0.1, 0.15) is 0 Å². The van der Waals surface area contributed by atoms with Crippen molar-refractivity contribution in [1.29, 1.82) is 0 Å². The number of benzene rings is 1. The average molecular weight is 253 g/mol. The molecule has 0 radical (unpaired) electrons. The van der Waals surface area contributed by atoms with E-state index in [4.69, 9.17) is 23.2 Å². The molecule has 0 aliphatic heterocycles. The molecule has 0 aliphatic carbocycles. The molecule has 0 unspecified atom stereocenters. The fourth-order valence-electron chi connectivity index (χ4n) is 0.882. The maximum absolute atomic E-state index is 5.93. The minimum Gasteiger partial charge on any atom is -0.140 e. The number of hydrogen-bond acceptors (Lipinski definition) is 2. The van der Waals surface area contributed by atoms with Crippen molar-refractivity contribution in [3.05, 3.63) is 22.2 Å². The number of rotatable bonds is 2. The van der Waals surface area contributed by atoms with Crippen molar-refractivity contribution in [2.75, 3.05) is 0 Å². The van der Waals surface area contributed by atoms with Gasteiger partial charge in [0.25, 0.3) is 0 Å². The summed E-state index contributed by atoms with van der Waals surface area (Å²) in [6, 6.07) is 3.78. The first kappa shape index (κ1) is 11.6. The average Bonchev–Trinajstić information content (AvgIpc) is 1.98. The highest BCUT2D eigenvalue weighted by Gasteiger charge is 2.06. The zero-order chi connectivity index (χ0) is 10.0. The number of thiol groups is 1. The highest BCUT2D eigenvalue weighted by Crippen LogP contribution is 2.34. The van der Waals surface area contributed by atoms with E-state index in [9.17, 15) is 0 Å². The summed E-state index contributed by atoms with van der Waals surface area (Å²) in [6.07, 6.45) is 0. The van der Waals surface area contributed by atoms with E-state index in [-0.39, 0.29) is 0 Å². The van der Waals surface area contributed by atoms with Crippen LogP contribution in [0.2, 0.25) is 10.0 Å². The summed E-state index contributed by atoms with van der Waals surface area (Å²) in [5.74, 6) is 0. The summed E-state index contributed by atoms with van der Waals surface area (Å²) in [7, 11) is 0. The Morgan fingerprint density at radius 1 is 1.23 bits per heavy atom. The normalized spacial score (nSPS) is 10.9. The van der Waals surface area contributed by atoms with Crippen LogP contribution < -0.4 is 0 Å². The first-order valence-corrected chi connectivity index (χ1v) is 5.93. The predicted octanol–water partition coefficient (Wildman–Crippen LogP) is 4.78. The number of thioether (sulfide) groups is 1. The summed E-state index contributed by atoms with van der Waals surface area (Å²) in [6.45, 7) is 4.25. The van der Waals surface area contributed by atoms with E-state index < -0.39 is 0 Å². The monoisotopic (exact) mass is 252 g/mol. The number of hydrogen-bond donors (Lipinski definition) is 1. The van der Waals surface area contributed by atoms with Gasteiger partial charge in [-0.15, -0.1) is 24.4 Å². The van der Waals surface area contributed by atoms with Crippen molar-refractivity contribution in [2.24, 2.45) is 0 Å². The van der Waals surface area contributed by atoms with Gasteiger partial charge in [-0.05, 0) is 12.1 Å². The van der Waals surface area contributed by atoms with Gasteiger partial charge in [-0.2, -0.15) is 0 Å². The SMILES string of the molecule is CC(C)Sc1cc(Cl)c(S)c(Cl)c1. The standard InChI is InChI=1S/C9H10Cl2S2/c1-5(2)13-6-3-7(10)9(12)8(11)4-6/h3-5,12H,1-2H3. The molecular weight excluding hydrogens is 243 g/mol. The summed E-state index contributed by atoms with van der Waals surface area (Å²) in [5.41, 5.74) is 0. The van der Waals surface area contributed by atoms with Crippen LogP contribution >= 0.6 is 47.6 Å². The van der Waals surface area contributed by atoms with E-state index >= 15 is 0 Å². The van der Waals surface area contributed by atoms with Crippen LogP contribution in [0.5, 0.6) is 0 Å². The molecular formula is C9H10Cl2S2. The molecule has 0 saturated heterocycles.